The van der Waals surface area contributed by atoms with Crippen molar-refractivity contribution >= 4 is 23.1 Å². The third-order valence-corrected chi connectivity index (χ3v) is 3.36. The summed E-state index contributed by atoms with van der Waals surface area (Å²) in [6, 6.07) is 6.90. The number of nitrogens with one attached hydrogen (secondary N) is 2. The van der Waals surface area contributed by atoms with Crippen molar-refractivity contribution in [3.05, 3.63) is 30.6 Å². The molecule has 22 heavy (non-hydrogen) atoms. The van der Waals surface area contributed by atoms with Crippen LogP contribution in [0.5, 0.6) is 11.6 Å². The molecule has 3 rings (SSSR count). The fraction of sp³-hybridized carbons (Fsp3) is 0.267. The van der Waals surface area contributed by atoms with Crippen LogP contribution >= 0.6 is 0 Å². The van der Waals surface area contributed by atoms with Crippen LogP contribution in [-0.4, -0.2) is 22.9 Å². The van der Waals surface area contributed by atoms with Crippen LogP contribution in [0.1, 0.15) is 12.8 Å². The molecular formula is C15H17N5O2. The maximum absolute atomic E-state index is 11.7. The average Bonchev–Trinajstić information content (AvgIpc) is 3.32. The van der Waals surface area contributed by atoms with E-state index in [-0.39, 0.29) is 11.8 Å². The minimum Gasteiger partial charge on any atom is -0.439 e. The van der Waals surface area contributed by atoms with E-state index in [4.69, 9.17) is 10.5 Å². The van der Waals surface area contributed by atoms with Crippen molar-refractivity contribution in [2.45, 2.75) is 12.8 Å². The third-order valence-electron chi connectivity index (χ3n) is 3.36. The highest BCUT2D eigenvalue weighted by atomic mass is 16.5. The predicted molar refractivity (Wildman–Crippen MR) is 83.9 cm³/mol. The number of nitrogens with zero attached hydrogens (tertiary/aromatic N) is 2. The molecule has 0 radical (unpaired) electrons. The van der Waals surface area contributed by atoms with Gasteiger partial charge in [-0.05, 0) is 25.0 Å². The van der Waals surface area contributed by atoms with E-state index in [1.165, 1.54) is 6.33 Å². The Hall–Kier alpha value is -2.83. The Labute approximate surface area is 127 Å². The van der Waals surface area contributed by atoms with Gasteiger partial charge in [-0.25, -0.2) is 9.97 Å². The fourth-order valence-corrected chi connectivity index (χ4v) is 1.99. The van der Waals surface area contributed by atoms with Crippen molar-refractivity contribution in [1.29, 1.82) is 0 Å². The molecule has 0 aliphatic heterocycles. The first kappa shape index (κ1) is 14.1. The summed E-state index contributed by atoms with van der Waals surface area (Å²) in [5, 5.41) is 5.73. The lowest BCUT2D eigenvalue weighted by Crippen LogP contribution is -2.14. The Balaban J connectivity index is 1.71. The van der Waals surface area contributed by atoms with E-state index in [9.17, 15) is 4.79 Å². The molecule has 7 nitrogen and oxygen atoms in total. The van der Waals surface area contributed by atoms with Gasteiger partial charge in [0.05, 0.1) is 11.4 Å². The molecule has 7 heteroatoms. The number of nitrogens with two attached hydrogens (primary N) is 1. The SMILES string of the molecule is CNc1ccc(Oc2cc(NC(=O)C3CC3)ncn2)cc1N. The van der Waals surface area contributed by atoms with Crippen molar-refractivity contribution < 1.29 is 9.53 Å². The first-order valence-electron chi connectivity index (χ1n) is 7.04. The van der Waals surface area contributed by atoms with Crippen LogP contribution in [-0.2, 0) is 4.79 Å². The monoisotopic (exact) mass is 299 g/mol. The number of aromatic nitrogens is 2. The molecule has 2 aromatic rings. The number of benzene rings is 1. The summed E-state index contributed by atoms with van der Waals surface area (Å²) in [6.45, 7) is 0. The summed E-state index contributed by atoms with van der Waals surface area (Å²) in [6.07, 6.45) is 3.23. The van der Waals surface area contributed by atoms with Gasteiger partial charge < -0.3 is 21.1 Å². The van der Waals surface area contributed by atoms with Gasteiger partial charge in [0.15, 0.2) is 0 Å². The van der Waals surface area contributed by atoms with Crippen molar-refractivity contribution in [3.8, 4) is 11.6 Å². The van der Waals surface area contributed by atoms with E-state index >= 15 is 0 Å². The molecule has 1 fully saturated rings. The zero-order valence-electron chi connectivity index (χ0n) is 12.2. The third kappa shape index (κ3) is 3.25. The van der Waals surface area contributed by atoms with Crippen LogP contribution in [0.15, 0.2) is 30.6 Å². The molecule has 0 unspecified atom stereocenters. The first-order valence-corrected chi connectivity index (χ1v) is 7.04. The summed E-state index contributed by atoms with van der Waals surface area (Å²) in [5.74, 6) is 1.45. The fourth-order valence-electron chi connectivity index (χ4n) is 1.99. The summed E-state index contributed by atoms with van der Waals surface area (Å²) in [5.41, 5.74) is 7.30. The van der Waals surface area contributed by atoms with Crippen molar-refractivity contribution in [1.82, 2.24) is 9.97 Å². The van der Waals surface area contributed by atoms with Crippen LogP contribution in [0.3, 0.4) is 0 Å². The van der Waals surface area contributed by atoms with Gasteiger partial charge >= 0.3 is 0 Å². The molecule has 1 heterocycles. The lowest BCUT2D eigenvalue weighted by Gasteiger charge is -2.09. The number of anilines is 3. The van der Waals surface area contributed by atoms with Gasteiger partial charge in [-0.3, -0.25) is 4.79 Å². The number of ether oxygens (including phenoxy) is 1. The number of hydrogen-bond donors (Lipinski definition) is 3. The minimum absolute atomic E-state index is 0.00716. The number of hydrogen-bond acceptors (Lipinski definition) is 6. The molecule has 1 amide bonds. The standard InChI is InChI=1S/C15H17N5O2/c1-17-12-5-4-10(6-11(12)16)22-14-7-13(18-8-19-14)20-15(21)9-2-3-9/h4-9,17H,2-3,16H2,1H3,(H,18,19,20,21). The van der Waals surface area contributed by atoms with E-state index in [1.54, 1.807) is 25.2 Å². The van der Waals surface area contributed by atoms with Crippen LogP contribution in [0.25, 0.3) is 0 Å². The number of carbonyl (C=O) groups is 1. The lowest BCUT2D eigenvalue weighted by molar-refractivity contribution is -0.117. The molecule has 114 valence electrons. The number of amides is 1. The Morgan fingerprint density at radius 1 is 1.32 bits per heavy atom. The van der Waals surface area contributed by atoms with Gasteiger partial charge in [-0.1, -0.05) is 0 Å². The van der Waals surface area contributed by atoms with Gasteiger partial charge in [0.25, 0.3) is 0 Å². The zero-order chi connectivity index (χ0) is 15.5. The highest BCUT2D eigenvalue weighted by molar-refractivity contribution is 5.93. The number of nitrogen functional groups attached to an aromatic ring is 1. The Morgan fingerprint density at radius 2 is 2.14 bits per heavy atom. The second kappa shape index (κ2) is 5.88. The molecule has 0 saturated heterocycles. The van der Waals surface area contributed by atoms with Crippen LogP contribution in [0.2, 0.25) is 0 Å². The Bertz CT molecular complexity index is 700. The maximum Gasteiger partial charge on any atom is 0.228 e. The van der Waals surface area contributed by atoms with Crippen LogP contribution in [0, 0.1) is 5.92 Å². The lowest BCUT2D eigenvalue weighted by atomic mass is 10.2. The second-order valence-corrected chi connectivity index (χ2v) is 5.11. The van der Waals surface area contributed by atoms with Crippen molar-refractivity contribution in [3.63, 3.8) is 0 Å². The molecule has 0 atom stereocenters. The predicted octanol–water partition coefficient (Wildman–Crippen LogP) is 2.24. The first-order chi connectivity index (χ1) is 10.7. The highest BCUT2D eigenvalue weighted by Gasteiger charge is 2.29. The van der Waals surface area contributed by atoms with Gasteiger partial charge in [0.1, 0.15) is 17.9 Å². The summed E-state index contributed by atoms with van der Waals surface area (Å²) in [7, 11) is 1.80. The largest absolute Gasteiger partial charge is 0.439 e. The topological polar surface area (TPSA) is 102 Å². The molecule has 1 aliphatic carbocycles. The molecule has 1 saturated carbocycles. The smallest absolute Gasteiger partial charge is 0.228 e. The molecule has 1 aromatic carbocycles. The van der Waals surface area contributed by atoms with Gasteiger partial charge in [0, 0.05) is 25.1 Å². The quantitative estimate of drug-likeness (QED) is 0.732. The van der Waals surface area contributed by atoms with Crippen molar-refractivity contribution in [2.24, 2.45) is 5.92 Å². The molecule has 0 spiro atoms. The maximum atomic E-state index is 11.7. The Morgan fingerprint density at radius 3 is 2.82 bits per heavy atom. The van der Waals surface area contributed by atoms with E-state index in [1.807, 2.05) is 6.07 Å². The summed E-state index contributed by atoms with van der Waals surface area (Å²) < 4.78 is 5.65. The van der Waals surface area contributed by atoms with Crippen LogP contribution in [0.4, 0.5) is 17.2 Å². The molecule has 4 N–H and O–H groups in total. The van der Waals surface area contributed by atoms with Gasteiger partial charge in [-0.15, -0.1) is 0 Å². The highest BCUT2D eigenvalue weighted by Crippen LogP contribution is 2.30. The average molecular weight is 299 g/mol. The minimum atomic E-state index is -0.00716. The number of carbonyl (C=O) groups excluding carboxylic acids is 1. The van der Waals surface area contributed by atoms with E-state index in [2.05, 4.69) is 20.6 Å². The van der Waals surface area contributed by atoms with E-state index in [0.717, 1.165) is 18.5 Å². The second-order valence-electron chi connectivity index (χ2n) is 5.11. The normalized spacial score (nSPS) is 13.5. The van der Waals surface area contributed by atoms with Gasteiger partial charge in [-0.2, -0.15) is 0 Å². The Kier molecular flexibility index (Phi) is 3.78. The molecule has 1 aliphatic rings. The summed E-state index contributed by atoms with van der Waals surface area (Å²) >= 11 is 0. The van der Waals surface area contributed by atoms with Gasteiger partial charge in [0.2, 0.25) is 11.8 Å². The zero-order valence-corrected chi connectivity index (χ0v) is 12.2. The molecule has 1 aromatic heterocycles. The number of rotatable bonds is 5. The summed E-state index contributed by atoms with van der Waals surface area (Å²) in [4.78, 5) is 19.8. The van der Waals surface area contributed by atoms with E-state index in [0.29, 0.717) is 23.1 Å². The molecular weight excluding hydrogens is 282 g/mol. The van der Waals surface area contributed by atoms with E-state index < -0.39 is 0 Å². The van der Waals surface area contributed by atoms with Crippen molar-refractivity contribution in [2.75, 3.05) is 23.4 Å². The molecule has 0 bridgehead atoms. The van der Waals surface area contributed by atoms with Crippen LogP contribution < -0.4 is 21.1 Å².